The fourth-order valence-corrected chi connectivity index (χ4v) is 3.90. The summed E-state index contributed by atoms with van der Waals surface area (Å²) < 4.78 is 51.0. The van der Waals surface area contributed by atoms with Crippen LogP contribution in [-0.4, -0.2) is 11.0 Å². The lowest BCUT2D eigenvalue weighted by Crippen LogP contribution is -2.18. The molecule has 21 heavy (non-hydrogen) atoms. The summed E-state index contributed by atoms with van der Waals surface area (Å²) in [5.74, 6) is -0.645. The Morgan fingerprint density at radius 1 is 1.19 bits per heavy atom. The second-order valence-electron chi connectivity index (χ2n) is 5.44. The first-order valence-corrected chi connectivity index (χ1v) is 8.16. The maximum atomic E-state index is 13.5. The number of nitrogens with two attached hydrogens (primary N) is 1. The topological polar surface area (TPSA) is 26.0 Å². The predicted molar refractivity (Wildman–Crippen MR) is 77.7 cm³/mol. The third-order valence-corrected chi connectivity index (χ3v) is 5.28. The van der Waals surface area contributed by atoms with Crippen molar-refractivity contribution in [2.45, 2.75) is 49.6 Å². The van der Waals surface area contributed by atoms with Crippen LogP contribution in [0, 0.1) is 5.82 Å². The van der Waals surface area contributed by atoms with Gasteiger partial charge in [-0.15, -0.1) is 0 Å². The van der Waals surface area contributed by atoms with Crippen molar-refractivity contribution in [3.8, 4) is 0 Å². The van der Waals surface area contributed by atoms with Crippen molar-refractivity contribution in [2.24, 2.45) is 5.73 Å². The fraction of sp³-hybridized carbons (Fsp3) is 0.600. The molecule has 1 aliphatic rings. The van der Waals surface area contributed by atoms with E-state index >= 15 is 0 Å². The molecule has 0 heterocycles. The molecule has 1 fully saturated rings. The maximum absolute atomic E-state index is 13.5. The Morgan fingerprint density at radius 3 is 2.43 bits per heavy atom. The lowest BCUT2D eigenvalue weighted by atomic mass is 10.0. The lowest BCUT2D eigenvalue weighted by molar-refractivity contribution is -0.140. The number of hydrogen-bond acceptors (Lipinski definition) is 2. The summed E-state index contributed by atoms with van der Waals surface area (Å²) in [7, 11) is 0. The Kier molecular flexibility index (Phi) is 5.54. The third-order valence-electron chi connectivity index (χ3n) is 3.79. The van der Waals surface area contributed by atoms with Crippen molar-refractivity contribution in [2.75, 3.05) is 5.75 Å². The minimum Gasteiger partial charge on any atom is -0.323 e. The van der Waals surface area contributed by atoms with Crippen molar-refractivity contribution in [1.29, 1.82) is 0 Å². The van der Waals surface area contributed by atoms with E-state index in [4.69, 9.17) is 5.73 Å². The summed E-state index contributed by atoms with van der Waals surface area (Å²) in [4.78, 5) is 0. The van der Waals surface area contributed by atoms with E-state index < -0.39 is 23.6 Å². The molecule has 0 aliphatic heterocycles. The summed E-state index contributed by atoms with van der Waals surface area (Å²) in [6, 6.07) is 2.52. The predicted octanol–water partition coefficient (Wildman–Crippen LogP) is 4.91. The van der Waals surface area contributed by atoms with Gasteiger partial charge in [0, 0.05) is 17.0 Å². The van der Waals surface area contributed by atoms with Crippen LogP contribution >= 0.6 is 11.8 Å². The largest absolute Gasteiger partial charge is 0.419 e. The molecule has 118 valence electrons. The first-order valence-electron chi connectivity index (χ1n) is 7.12. The normalized spacial score (nSPS) is 18.7. The van der Waals surface area contributed by atoms with Crippen molar-refractivity contribution < 1.29 is 17.6 Å². The minimum atomic E-state index is -4.66. The highest BCUT2D eigenvalue weighted by atomic mass is 32.2. The quantitative estimate of drug-likeness (QED) is 0.797. The average molecular weight is 321 g/mol. The molecule has 2 rings (SSSR count). The van der Waals surface area contributed by atoms with E-state index in [1.165, 1.54) is 38.2 Å². The zero-order chi connectivity index (χ0) is 15.5. The molecule has 1 saturated carbocycles. The van der Waals surface area contributed by atoms with Crippen molar-refractivity contribution in [3.63, 3.8) is 0 Å². The van der Waals surface area contributed by atoms with E-state index in [0.717, 1.165) is 12.1 Å². The Bertz CT molecular complexity index is 469. The SMILES string of the molecule is NC(CSC1CCCCC1)c1ccc(C(F)(F)F)c(F)c1. The standard InChI is InChI=1S/C15H19F4NS/c16-13-8-10(6-7-12(13)15(17,18)19)14(20)9-21-11-4-2-1-3-5-11/h6-8,11,14H,1-5,9,20H2. The number of hydrogen-bond donors (Lipinski definition) is 1. The van der Waals surface area contributed by atoms with E-state index in [2.05, 4.69) is 0 Å². The number of rotatable bonds is 4. The van der Waals surface area contributed by atoms with E-state index in [-0.39, 0.29) is 0 Å². The molecule has 0 amide bonds. The first kappa shape index (κ1) is 16.6. The molecule has 1 nitrogen and oxygen atoms in total. The summed E-state index contributed by atoms with van der Waals surface area (Å²) in [5.41, 5.74) is 5.15. The van der Waals surface area contributed by atoms with Gasteiger partial charge in [0.15, 0.2) is 0 Å². The number of thioether (sulfide) groups is 1. The van der Waals surface area contributed by atoms with Crippen LogP contribution in [0.3, 0.4) is 0 Å². The molecule has 2 N–H and O–H groups in total. The Morgan fingerprint density at radius 2 is 1.86 bits per heavy atom. The monoisotopic (exact) mass is 321 g/mol. The van der Waals surface area contributed by atoms with Crippen LogP contribution in [0.1, 0.15) is 49.3 Å². The van der Waals surface area contributed by atoms with Gasteiger partial charge in [-0.3, -0.25) is 0 Å². The van der Waals surface area contributed by atoms with Gasteiger partial charge in [0.2, 0.25) is 0 Å². The van der Waals surface area contributed by atoms with Gasteiger partial charge in [-0.05, 0) is 30.5 Å². The van der Waals surface area contributed by atoms with Gasteiger partial charge in [-0.25, -0.2) is 4.39 Å². The lowest BCUT2D eigenvalue weighted by Gasteiger charge is -2.23. The Balaban J connectivity index is 1.96. The van der Waals surface area contributed by atoms with Crippen LogP contribution in [0.5, 0.6) is 0 Å². The second kappa shape index (κ2) is 7.01. The number of halogens is 4. The summed E-state index contributed by atoms with van der Waals surface area (Å²) in [6.07, 6.45) is 1.39. The fourth-order valence-electron chi connectivity index (χ4n) is 2.56. The van der Waals surface area contributed by atoms with Gasteiger partial charge in [-0.2, -0.15) is 24.9 Å². The average Bonchev–Trinajstić information content (AvgIpc) is 2.44. The molecule has 0 spiro atoms. The van der Waals surface area contributed by atoms with Gasteiger partial charge >= 0.3 is 6.18 Å². The van der Waals surface area contributed by atoms with Crippen molar-refractivity contribution in [3.05, 3.63) is 35.1 Å². The van der Waals surface area contributed by atoms with Gasteiger partial charge < -0.3 is 5.73 Å². The Hall–Kier alpha value is -0.750. The molecule has 0 radical (unpaired) electrons. The number of benzene rings is 1. The van der Waals surface area contributed by atoms with E-state index in [9.17, 15) is 17.6 Å². The summed E-state index contributed by atoms with van der Waals surface area (Å²) in [6.45, 7) is 0. The highest BCUT2D eigenvalue weighted by Crippen LogP contribution is 2.34. The van der Waals surface area contributed by atoms with Gasteiger partial charge in [0.1, 0.15) is 5.82 Å². The highest BCUT2D eigenvalue weighted by Gasteiger charge is 2.34. The van der Waals surface area contributed by atoms with Crippen LogP contribution in [0.25, 0.3) is 0 Å². The Labute approximate surface area is 126 Å². The smallest absolute Gasteiger partial charge is 0.323 e. The second-order valence-corrected chi connectivity index (χ2v) is 6.77. The van der Waals surface area contributed by atoms with E-state index in [0.29, 0.717) is 16.6 Å². The molecular weight excluding hydrogens is 302 g/mol. The molecule has 6 heteroatoms. The van der Waals surface area contributed by atoms with Crippen LogP contribution in [0.15, 0.2) is 18.2 Å². The minimum absolute atomic E-state index is 0.420. The third kappa shape index (κ3) is 4.61. The maximum Gasteiger partial charge on any atom is 0.419 e. The highest BCUT2D eigenvalue weighted by molar-refractivity contribution is 7.99. The molecule has 0 aromatic heterocycles. The zero-order valence-electron chi connectivity index (χ0n) is 11.6. The van der Waals surface area contributed by atoms with Crippen molar-refractivity contribution >= 4 is 11.8 Å². The summed E-state index contributed by atoms with van der Waals surface area (Å²) >= 11 is 1.75. The van der Waals surface area contributed by atoms with Crippen LogP contribution < -0.4 is 5.73 Å². The van der Waals surface area contributed by atoms with Gasteiger partial charge in [0.25, 0.3) is 0 Å². The molecule has 1 aromatic carbocycles. The first-order chi connectivity index (χ1) is 9.88. The molecule has 0 bridgehead atoms. The van der Waals surface area contributed by atoms with E-state index in [1.54, 1.807) is 11.8 Å². The van der Waals surface area contributed by atoms with Crippen LogP contribution in [0.4, 0.5) is 17.6 Å². The number of alkyl halides is 3. The molecule has 1 aromatic rings. The molecule has 0 saturated heterocycles. The van der Waals surface area contributed by atoms with E-state index in [1.807, 2.05) is 0 Å². The molecule has 1 aliphatic carbocycles. The molecule has 1 atom stereocenters. The molecular formula is C15H19F4NS. The summed E-state index contributed by atoms with van der Waals surface area (Å²) in [5, 5.41) is 0.573. The van der Waals surface area contributed by atoms with Crippen LogP contribution in [-0.2, 0) is 6.18 Å². The van der Waals surface area contributed by atoms with Crippen molar-refractivity contribution in [1.82, 2.24) is 0 Å². The van der Waals surface area contributed by atoms with Gasteiger partial charge in [-0.1, -0.05) is 25.3 Å². The van der Waals surface area contributed by atoms with Gasteiger partial charge in [0.05, 0.1) is 5.56 Å². The van der Waals surface area contributed by atoms with Crippen LogP contribution in [0.2, 0.25) is 0 Å². The molecule has 1 unspecified atom stereocenters. The zero-order valence-corrected chi connectivity index (χ0v) is 12.4.